The van der Waals surface area contributed by atoms with Crippen molar-refractivity contribution < 1.29 is 14.3 Å². The number of ether oxygens (including phenoxy) is 2. The number of pyridine rings is 1. The smallest absolute Gasteiger partial charge is 0.231 e. The van der Waals surface area contributed by atoms with Crippen molar-refractivity contribution in [3.8, 4) is 11.5 Å². The van der Waals surface area contributed by atoms with Gasteiger partial charge in [0, 0.05) is 35.8 Å². The average Bonchev–Trinajstić information content (AvgIpc) is 3.32. The minimum absolute atomic E-state index is 0.0740. The zero-order chi connectivity index (χ0) is 20.0. The van der Waals surface area contributed by atoms with Crippen LogP contribution in [0.4, 0.5) is 5.69 Å². The highest BCUT2D eigenvalue weighted by molar-refractivity contribution is 5.91. The Bertz CT molecular complexity index is 1260. The van der Waals surface area contributed by atoms with Crippen LogP contribution in [0.15, 0.2) is 36.5 Å². The standard InChI is InChI=1S/C21H19N5O3/c1-12-15(13(2)26-21(23-12)16-4-3-9-22-20(16)25-26)6-8-19(27)24-14-5-7-17-18(10-14)29-11-28-17/h3-5,7,9-10H,6,8,11H2,1-2H3,(H,24,27). The molecule has 4 heterocycles. The molecule has 1 aliphatic heterocycles. The molecule has 8 heteroatoms. The van der Waals surface area contributed by atoms with Gasteiger partial charge >= 0.3 is 0 Å². The van der Waals surface area contributed by atoms with Crippen LogP contribution in [-0.2, 0) is 11.2 Å². The van der Waals surface area contributed by atoms with Crippen molar-refractivity contribution in [2.24, 2.45) is 0 Å². The molecule has 0 atom stereocenters. The van der Waals surface area contributed by atoms with Crippen molar-refractivity contribution in [3.05, 3.63) is 53.5 Å². The maximum atomic E-state index is 12.5. The number of aryl methyl sites for hydroxylation is 2. The number of hydrogen-bond acceptors (Lipinski definition) is 6. The van der Waals surface area contributed by atoms with Gasteiger partial charge in [-0.05, 0) is 50.1 Å². The van der Waals surface area contributed by atoms with Gasteiger partial charge in [-0.3, -0.25) is 4.79 Å². The monoisotopic (exact) mass is 389 g/mol. The third kappa shape index (κ3) is 3.02. The van der Waals surface area contributed by atoms with E-state index in [4.69, 9.17) is 14.5 Å². The molecule has 1 aliphatic rings. The van der Waals surface area contributed by atoms with E-state index in [0.29, 0.717) is 35.7 Å². The fourth-order valence-electron chi connectivity index (χ4n) is 3.66. The van der Waals surface area contributed by atoms with Crippen molar-refractivity contribution in [1.82, 2.24) is 19.6 Å². The predicted octanol–water partition coefficient (Wildman–Crippen LogP) is 3.19. The largest absolute Gasteiger partial charge is 0.454 e. The van der Waals surface area contributed by atoms with Gasteiger partial charge in [-0.15, -0.1) is 5.10 Å². The minimum atomic E-state index is -0.0740. The van der Waals surface area contributed by atoms with Crippen LogP contribution in [0.5, 0.6) is 11.5 Å². The average molecular weight is 389 g/mol. The number of nitrogens with one attached hydrogen (secondary N) is 1. The predicted molar refractivity (Wildman–Crippen MR) is 107 cm³/mol. The molecule has 1 N–H and O–H groups in total. The van der Waals surface area contributed by atoms with Crippen molar-refractivity contribution in [2.45, 2.75) is 26.7 Å². The van der Waals surface area contributed by atoms with E-state index in [1.54, 1.807) is 24.4 Å². The molecule has 0 saturated heterocycles. The lowest BCUT2D eigenvalue weighted by molar-refractivity contribution is -0.116. The number of aromatic nitrogens is 4. The fraction of sp³-hybridized carbons (Fsp3) is 0.238. The first-order valence-corrected chi connectivity index (χ1v) is 9.39. The number of carbonyl (C=O) groups excluding carboxylic acids is 1. The molecule has 0 spiro atoms. The van der Waals surface area contributed by atoms with E-state index >= 15 is 0 Å². The molecule has 29 heavy (non-hydrogen) atoms. The second-order valence-electron chi connectivity index (χ2n) is 6.99. The molecule has 1 amide bonds. The molecular weight excluding hydrogens is 370 g/mol. The maximum Gasteiger partial charge on any atom is 0.231 e. The third-order valence-corrected chi connectivity index (χ3v) is 5.15. The fourth-order valence-corrected chi connectivity index (χ4v) is 3.66. The molecule has 0 saturated carbocycles. The van der Waals surface area contributed by atoms with Crippen LogP contribution in [0.2, 0.25) is 0 Å². The van der Waals surface area contributed by atoms with Gasteiger partial charge in [0.2, 0.25) is 12.7 Å². The van der Waals surface area contributed by atoms with Crippen LogP contribution in [-0.4, -0.2) is 32.3 Å². The summed E-state index contributed by atoms with van der Waals surface area (Å²) in [6.45, 7) is 4.17. The zero-order valence-electron chi connectivity index (χ0n) is 16.1. The van der Waals surface area contributed by atoms with E-state index in [9.17, 15) is 4.79 Å². The summed E-state index contributed by atoms with van der Waals surface area (Å²) in [5.74, 6) is 1.26. The van der Waals surface area contributed by atoms with Gasteiger partial charge in [0.25, 0.3) is 0 Å². The lowest BCUT2D eigenvalue weighted by Gasteiger charge is -2.11. The lowest BCUT2D eigenvalue weighted by Crippen LogP contribution is -2.14. The van der Waals surface area contributed by atoms with Crippen molar-refractivity contribution in [1.29, 1.82) is 0 Å². The maximum absolute atomic E-state index is 12.5. The number of rotatable bonds is 4. The summed E-state index contributed by atoms with van der Waals surface area (Å²) in [6.07, 6.45) is 2.63. The van der Waals surface area contributed by atoms with E-state index in [1.165, 1.54) is 0 Å². The SMILES string of the molecule is Cc1nc2c3cccnc3nn2c(C)c1CCC(=O)Nc1ccc2c(c1)OCO2. The highest BCUT2D eigenvalue weighted by Crippen LogP contribution is 2.34. The van der Waals surface area contributed by atoms with Crippen LogP contribution >= 0.6 is 0 Å². The number of carbonyl (C=O) groups is 1. The summed E-state index contributed by atoms with van der Waals surface area (Å²) in [6, 6.07) is 9.21. The molecule has 0 bridgehead atoms. The van der Waals surface area contributed by atoms with Gasteiger partial charge in [0.05, 0.1) is 5.39 Å². The topological polar surface area (TPSA) is 90.6 Å². The zero-order valence-corrected chi connectivity index (χ0v) is 16.1. The highest BCUT2D eigenvalue weighted by Gasteiger charge is 2.17. The van der Waals surface area contributed by atoms with Gasteiger partial charge in [0.1, 0.15) is 0 Å². The third-order valence-electron chi connectivity index (χ3n) is 5.15. The normalized spacial score (nSPS) is 12.6. The van der Waals surface area contributed by atoms with Gasteiger partial charge in [0.15, 0.2) is 22.8 Å². The van der Waals surface area contributed by atoms with E-state index < -0.39 is 0 Å². The summed E-state index contributed by atoms with van der Waals surface area (Å²) in [7, 11) is 0. The second-order valence-corrected chi connectivity index (χ2v) is 6.99. The van der Waals surface area contributed by atoms with Crippen molar-refractivity contribution >= 4 is 28.3 Å². The molecule has 0 fully saturated rings. The van der Waals surface area contributed by atoms with Gasteiger partial charge in [-0.25, -0.2) is 14.5 Å². The summed E-state index contributed by atoms with van der Waals surface area (Å²) in [5.41, 5.74) is 5.03. The number of anilines is 1. The van der Waals surface area contributed by atoms with Crippen LogP contribution in [0, 0.1) is 13.8 Å². The summed E-state index contributed by atoms with van der Waals surface area (Å²) in [4.78, 5) is 21.5. The molecule has 1 aromatic carbocycles. The molecular formula is C21H19N5O3. The number of amides is 1. The number of benzene rings is 1. The number of hydrogen-bond donors (Lipinski definition) is 1. The Labute approximate surface area is 166 Å². The number of fused-ring (bicyclic) bond motifs is 4. The van der Waals surface area contributed by atoms with Gasteiger partial charge in [-0.1, -0.05) is 0 Å². The first-order valence-electron chi connectivity index (χ1n) is 9.39. The molecule has 0 radical (unpaired) electrons. The molecule has 5 rings (SSSR count). The quantitative estimate of drug-likeness (QED) is 0.576. The van der Waals surface area contributed by atoms with Crippen LogP contribution in [0.3, 0.4) is 0 Å². The van der Waals surface area contributed by atoms with E-state index in [0.717, 1.165) is 28.0 Å². The molecule has 0 aliphatic carbocycles. The summed E-state index contributed by atoms with van der Waals surface area (Å²) in [5, 5.41) is 8.40. The lowest BCUT2D eigenvalue weighted by atomic mass is 10.1. The first kappa shape index (κ1) is 17.4. The Balaban J connectivity index is 1.36. The van der Waals surface area contributed by atoms with E-state index in [-0.39, 0.29) is 12.7 Å². The minimum Gasteiger partial charge on any atom is -0.454 e. The first-order chi connectivity index (χ1) is 14.1. The van der Waals surface area contributed by atoms with E-state index in [2.05, 4.69) is 15.4 Å². The Morgan fingerprint density at radius 1 is 1.21 bits per heavy atom. The Hall–Kier alpha value is -3.68. The Morgan fingerprint density at radius 3 is 2.97 bits per heavy atom. The van der Waals surface area contributed by atoms with Crippen molar-refractivity contribution in [3.63, 3.8) is 0 Å². The van der Waals surface area contributed by atoms with Crippen LogP contribution in [0.1, 0.15) is 23.4 Å². The summed E-state index contributed by atoms with van der Waals surface area (Å²) >= 11 is 0. The Morgan fingerprint density at radius 2 is 2.07 bits per heavy atom. The molecule has 4 aromatic rings. The van der Waals surface area contributed by atoms with Crippen LogP contribution in [0.25, 0.3) is 16.7 Å². The van der Waals surface area contributed by atoms with E-state index in [1.807, 2.05) is 30.5 Å². The van der Waals surface area contributed by atoms with Gasteiger partial charge in [-0.2, -0.15) is 0 Å². The second kappa shape index (κ2) is 6.73. The molecule has 146 valence electrons. The highest BCUT2D eigenvalue weighted by atomic mass is 16.7. The molecule has 3 aromatic heterocycles. The van der Waals surface area contributed by atoms with Crippen LogP contribution < -0.4 is 14.8 Å². The number of nitrogens with zero attached hydrogens (tertiary/aromatic N) is 4. The van der Waals surface area contributed by atoms with Crippen molar-refractivity contribution in [2.75, 3.05) is 12.1 Å². The molecule has 0 unspecified atom stereocenters. The molecule has 8 nitrogen and oxygen atoms in total. The summed E-state index contributed by atoms with van der Waals surface area (Å²) < 4.78 is 12.5. The van der Waals surface area contributed by atoms with Gasteiger partial charge < -0.3 is 14.8 Å². The Kier molecular flexibility index (Phi) is 4.04.